The van der Waals surface area contributed by atoms with E-state index in [-0.39, 0.29) is 17.1 Å². The maximum Gasteiger partial charge on any atom is 0.162 e. The number of halogens is 2. The summed E-state index contributed by atoms with van der Waals surface area (Å²) >= 11 is 0. The van der Waals surface area contributed by atoms with Gasteiger partial charge in [0.25, 0.3) is 0 Å². The highest BCUT2D eigenvalue weighted by molar-refractivity contribution is 5.21. The van der Waals surface area contributed by atoms with Gasteiger partial charge in [0.05, 0.1) is 6.10 Å². The highest BCUT2D eigenvalue weighted by Crippen LogP contribution is 2.38. The molecular formula is C17H25F2NO. The lowest BCUT2D eigenvalue weighted by atomic mass is 9.75. The van der Waals surface area contributed by atoms with Crippen molar-refractivity contribution < 1.29 is 13.5 Å². The van der Waals surface area contributed by atoms with E-state index in [1.807, 2.05) is 6.92 Å². The maximum atomic E-state index is 14.0. The average molecular weight is 297 g/mol. The Hall–Kier alpha value is -1.00. The van der Waals surface area contributed by atoms with E-state index in [1.165, 1.54) is 0 Å². The van der Waals surface area contributed by atoms with Crippen LogP contribution in [0.25, 0.3) is 0 Å². The second-order valence-corrected chi connectivity index (χ2v) is 7.12. The summed E-state index contributed by atoms with van der Waals surface area (Å²) in [4.78, 5) is 0. The third-order valence-electron chi connectivity index (χ3n) is 4.38. The van der Waals surface area contributed by atoms with Gasteiger partial charge in [-0.15, -0.1) is 0 Å². The fraction of sp³-hybridized carbons (Fsp3) is 0.647. The van der Waals surface area contributed by atoms with Crippen molar-refractivity contribution in [3.05, 3.63) is 35.4 Å². The minimum absolute atomic E-state index is 0.0181. The molecule has 4 heteroatoms. The summed E-state index contributed by atoms with van der Waals surface area (Å²) in [5, 5.41) is 3.49. The van der Waals surface area contributed by atoms with Gasteiger partial charge in [-0.1, -0.05) is 12.1 Å². The van der Waals surface area contributed by atoms with Gasteiger partial charge in [-0.3, -0.25) is 0 Å². The predicted molar refractivity (Wildman–Crippen MR) is 80.3 cm³/mol. The fourth-order valence-corrected chi connectivity index (χ4v) is 2.85. The first kappa shape index (κ1) is 16.4. The zero-order valence-electron chi connectivity index (χ0n) is 13.3. The Balaban J connectivity index is 2.23. The Morgan fingerprint density at radius 2 is 2.05 bits per heavy atom. The predicted octanol–water partition coefficient (Wildman–Crippen LogP) is 3.69. The SMILES string of the molecule is CC1OCCC1(CNC(C)(C)C)Cc1cccc(F)c1F. The Morgan fingerprint density at radius 1 is 1.33 bits per heavy atom. The van der Waals surface area contributed by atoms with Gasteiger partial charge in [0.1, 0.15) is 0 Å². The van der Waals surface area contributed by atoms with E-state index in [4.69, 9.17) is 4.74 Å². The molecule has 1 fully saturated rings. The highest BCUT2D eigenvalue weighted by atomic mass is 19.2. The van der Waals surface area contributed by atoms with Gasteiger partial charge in [0.2, 0.25) is 0 Å². The van der Waals surface area contributed by atoms with Crippen molar-refractivity contribution in [2.45, 2.75) is 52.2 Å². The standard InChI is InChI=1S/C17H25F2NO/c1-12-17(8-9-21-12,11-20-16(2,3)4)10-13-6-5-7-14(18)15(13)19/h5-7,12,20H,8-11H2,1-4H3. The number of hydrogen-bond donors (Lipinski definition) is 1. The molecule has 2 atom stereocenters. The molecule has 0 spiro atoms. The van der Waals surface area contributed by atoms with Crippen LogP contribution in [0.1, 0.15) is 39.7 Å². The molecule has 1 saturated heterocycles. The zero-order chi connectivity index (χ0) is 15.7. The van der Waals surface area contributed by atoms with Crippen molar-refractivity contribution >= 4 is 0 Å². The van der Waals surface area contributed by atoms with Gasteiger partial charge in [0, 0.05) is 24.1 Å². The molecule has 1 heterocycles. The lowest BCUT2D eigenvalue weighted by molar-refractivity contribution is 0.0593. The van der Waals surface area contributed by atoms with E-state index in [2.05, 4.69) is 26.1 Å². The number of ether oxygens (including phenoxy) is 1. The van der Waals surface area contributed by atoms with E-state index >= 15 is 0 Å². The van der Waals surface area contributed by atoms with E-state index in [9.17, 15) is 8.78 Å². The zero-order valence-corrected chi connectivity index (χ0v) is 13.3. The molecule has 1 N–H and O–H groups in total. The van der Waals surface area contributed by atoms with E-state index in [0.29, 0.717) is 18.6 Å². The molecule has 1 aliphatic heterocycles. The summed E-state index contributed by atoms with van der Waals surface area (Å²) in [5.74, 6) is -1.51. The molecule has 0 aromatic heterocycles. The third kappa shape index (κ3) is 3.80. The normalized spacial score (nSPS) is 26.3. The molecule has 118 valence electrons. The van der Waals surface area contributed by atoms with Gasteiger partial charge in [-0.05, 0) is 52.2 Å². The van der Waals surface area contributed by atoms with Crippen molar-refractivity contribution in [2.24, 2.45) is 5.41 Å². The summed E-state index contributed by atoms with van der Waals surface area (Å²) in [6, 6.07) is 4.40. The summed E-state index contributed by atoms with van der Waals surface area (Å²) < 4.78 is 33.1. The number of hydrogen-bond acceptors (Lipinski definition) is 2. The van der Waals surface area contributed by atoms with Gasteiger partial charge >= 0.3 is 0 Å². The molecule has 0 amide bonds. The number of nitrogens with one attached hydrogen (secondary N) is 1. The van der Waals surface area contributed by atoms with Crippen LogP contribution < -0.4 is 5.32 Å². The number of benzene rings is 1. The molecule has 21 heavy (non-hydrogen) atoms. The van der Waals surface area contributed by atoms with Crippen LogP contribution in [0.4, 0.5) is 8.78 Å². The lowest BCUT2D eigenvalue weighted by Gasteiger charge is -2.36. The number of rotatable bonds is 4. The Morgan fingerprint density at radius 3 is 2.62 bits per heavy atom. The van der Waals surface area contributed by atoms with Crippen molar-refractivity contribution in [3.8, 4) is 0 Å². The van der Waals surface area contributed by atoms with Crippen LogP contribution in [0.15, 0.2) is 18.2 Å². The van der Waals surface area contributed by atoms with Crippen molar-refractivity contribution in [3.63, 3.8) is 0 Å². The first-order valence-corrected chi connectivity index (χ1v) is 7.53. The Bertz CT molecular complexity index is 498. The minimum Gasteiger partial charge on any atom is -0.378 e. The van der Waals surface area contributed by atoms with Crippen LogP contribution in [0.2, 0.25) is 0 Å². The molecule has 0 aliphatic carbocycles. The molecule has 2 rings (SSSR count). The summed E-state index contributed by atoms with van der Waals surface area (Å²) in [5.41, 5.74) is 0.223. The molecule has 1 aromatic rings. The minimum atomic E-state index is -0.780. The molecule has 2 unspecified atom stereocenters. The second kappa shape index (κ2) is 6.01. The monoisotopic (exact) mass is 297 g/mol. The van der Waals surface area contributed by atoms with Gasteiger partial charge in [-0.25, -0.2) is 8.78 Å². The van der Waals surface area contributed by atoms with Crippen LogP contribution in [0.3, 0.4) is 0 Å². The quantitative estimate of drug-likeness (QED) is 0.915. The molecule has 0 bridgehead atoms. The van der Waals surface area contributed by atoms with Crippen LogP contribution in [0, 0.1) is 17.0 Å². The van der Waals surface area contributed by atoms with E-state index < -0.39 is 11.6 Å². The summed E-state index contributed by atoms with van der Waals surface area (Å²) in [7, 11) is 0. The first-order valence-electron chi connectivity index (χ1n) is 7.53. The van der Waals surface area contributed by atoms with Crippen LogP contribution >= 0.6 is 0 Å². The molecule has 1 aliphatic rings. The molecular weight excluding hydrogens is 272 g/mol. The van der Waals surface area contributed by atoms with E-state index in [0.717, 1.165) is 19.0 Å². The molecule has 2 nitrogen and oxygen atoms in total. The van der Waals surface area contributed by atoms with Crippen molar-refractivity contribution in [1.29, 1.82) is 0 Å². The maximum absolute atomic E-state index is 14.0. The smallest absolute Gasteiger partial charge is 0.162 e. The topological polar surface area (TPSA) is 21.3 Å². The third-order valence-corrected chi connectivity index (χ3v) is 4.38. The van der Waals surface area contributed by atoms with Crippen LogP contribution in [-0.4, -0.2) is 24.8 Å². The largest absolute Gasteiger partial charge is 0.378 e. The average Bonchev–Trinajstić information content (AvgIpc) is 2.74. The Kier molecular flexibility index (Phi) is 4.69. The second-order valence-electron chi connectivity index (χ2n) is 7.12. The fourth-order valence-electron chi connectivity index (χ4n) is 2.85. The van der Waals surface area contributed by atoms with E-state index in [1.54, 1.807) is 12.1 Å². The van der Waals surface area contributed by atoms with Crippen molar-refractivity contribution in [2.75, 3.05) is 13.2 Å². The van der Waals surface area contributed by atoms with Crippen molar-refractivity contribution in [1.82, 2.24) is 5.32 Å². The molecule has 0 radical (unpaired) electrons. The van der Waals surface area contributed by atoms with Gasteiger partial charge < -0.3 is 10.1 Å². The Labute approximate surface area is 125 Å². The summed E-state index contributed by atoms with van der Waals surface area (Å²) in [6.07, 6.45) is 1.36. The molecule has 1 aromatic carbocycles. The van der Waals surface area contributed by atoms with Gasteiger partial charge in [-0.2, -0.15) is 0 Å². The van der Waals surface area contributed by atoms with Crippen LogP contribution in [0.5, 0.6) is 0 Å². The first-order chi connectivity index (χ1) is 9.73. The summed E-state index contributed by atoms with van der Waals surface area (Å²) in [6.45, 7) is 9.73. The lowest BCUT2D eigenvalue weighted by Crippen LogP contribution is -2.47. The van der Waals surface area contributed by atoms with Gasteiger partial charge in [0.15, 0.2) is 11.6 Å². The molecule has 0 saturated carbocycles. The highest BCUT2D eigenvalue weighted by Gasteiger charge is 2.42. The van der Waals surface area contributed by atoms with Crippen LogP contribution in [-0.2, 0) is 11.2 Å².